The first-order valence-corrected chi connectivity index (χ1v) is 5.09. The molecular weight excluding hydrogens is 206 g/mol. The van der Waals surface area contributed by atoms with Gasteiger partial charge in [0.25, 0.3) is 0 Å². The smallest absolute Gasteiger partial charge is 0.356 e. The number of nitrogens with zero attached hydrogens (tertiary/aromatic N) is 1. The number of hydrogen-bond acceptors (Lipinski definition) is 4. The van der Waals surface area contributed by atoms with E-state index in [2.05, 4.69) is 9.99 Å². The largest absolute Gasteiger partial charge is 0.461 e. The Balaban J connectivity index is 2.73. The Kier molecular flexibility index (Phi) is 5.05. The van der Waals surface area contributed by atoms with E-state index in [0.29, 0.717) is 13.0 Å². The van der Waals surface area contributed by atoms with Crippen LogP contribution < -0.4 is 0 Å². The van der Waals surface area contributed by atoms with Gasteiger partial charge in [-0.3, -0.25) is 0 Å². The molecule has 0 amide bonds. The maximum absolute atomic E-state index is 11.5. The summed E-state index contributed by atoms with van der Waals surface area (Å²) in [7, 11) is 1.41. The van der Waals surface area contributed by atoms with E-state index in [1.54, 1.807) is 6.92 Å². The summed E-state index contributed by atoms with van der Waals surface area (Å²) in [5.74, 6) is -0.437. The van der Waals surface area contributed by atoms with Crippen molar-refractivity contribution >= 4 is 11.7 Å². The predicted octanol–water partition coefficient (Wildman–Crippen LogP) is 1.79. The summed E-state index contributed by atoms with van der Waals surface area (Å²) in [6.45, 7) is 2.08. The van der Waals surface area contributed by atoms with Crippen molar-refractivity contribution in [2.24, 2.45) is 5.16 Å². The van der Waals surface area contributed by atoms with E-state index in [9.17, 15) is 4.79 Å². The fourth-order valence-electron chi connectivity index (χ4n) is 1.26. The van der Waals surface area contributed by atoms with Crippen LogP contribution in [0.2, 0.25) is 0 Å². The monoisotopic (exact) mass is 221 g/mol. The first kappa shape index (κ1) is 12.2. The normalized spacial score (nSPS) is 11.0. The van der Waals surface area contributed by atoms with E-state index in [-0.39, 0.29) is 5.71 Å². The predicted molar refractivity (Wildman–Crippen MR) is 61.2 cm³/mol. The molecule has 86 valence electrons. The van der Waals surface area contributed by atoms with Gasteiger partial charge in [-0.25, -0.2) is 4.79 Å². The van der Waals surface area contributed by atoms with Crippen molar-refractivity contribution < 1.29 is 14.4 Å². The number of oxime groups is 1. The van der Waals surface area contributed by atoms with Gasteiger partial charge in [0.2, 0.25) is 0 Å². The fourth-order valence-corrected chi connectivity index (χ4v) is 1.26. The molecule has 0 aliphatic rings. The molecule has 0 N–H and O–H groups in total. The van der Waals surface area contributed by atoms with Crippen LogP contribution in [0.25, 0.3) is 0 Å². The van der Waals surface area contributed by atoms with Gasteiger partial charge in [-0.1, -0.05) is 35.5 Å². The molecule has 0 bridgehead atoms. The molecule has 0 atom stereocenters. The van der Waals surface area contributed by atoms with Crippen molar-refractivity contribution in [2.75, 3.05) is 13.7 Å². The molecule has 0 aliphatic heterocycles. The van der Waals surface area contributed by atoms with Crippen LogP contribution in [0.15, 0.2) is 35.5 Å². The highest BCUT2D eigenvalue weighted by atomic mass is 16.6. The highest BCUT2D eigenvalue weighted by Crippen LogP contribution is 2.02. The van der Waals surface area contributed by atoms with Gasteiger partial charge in [-0.2, -0.15) is 0 Å². The molecule has 0 unspecified atom stereocenters. The Morgan fingerprint density at radius 3 is 2.56 bits per heavy atom. The lowest BCUT2D eigenvalue weighted by Gasteiger charge is -2.05. The zero-order valence-corrected chi connectivity index (χ0v) is 9.47. The Hall–Kier alpha value is -1.84. The lowest BCUT2D eigenvalue weighted by Crippen LogP contribution is -2.20. The van der Waals surface area contributed by atoms with Crippen LogP contribution in [-0.4, -0.2) is 25.4 Å². The number of rotatable bonds is 5. The molecule has 0 spiro atoms. The maximum Gasteiger partial charge on any atom is 0.356 e. The van der Waals surface area contributed by atoms with Crippen LogP contribution in [-0.2, 0) is 20.8 Å². The number of ether oxygens (including phenoxy) is 1. The molecule has 1 rings (SSSR count). The molecule has 1 aromatic rings. The highest BCUT2D eigenvalue weighted by Gasteiger charge is 2.14. The molecule has 0 aromatic heterocycles. The SMILES string of the molecule is CCOC(=O)C(Cc1ccccc1)=NOC. The summed E-state index contributed by atoms with van der Waals surface area (Å²) in [6.07, 6.45) is 0.410. The van der Waals surface area contributed by atoms with Crippen molar-refractivity contribution in [3.63, 3.8) is 0 Å². The summed E-state index contributed by atoms with van der Waals surface area (Å²) in [6, 6.07) is 9.58. The molecule has 16 heavy (non-hydrogen) atoms. The highest BCUT2D eigenvalue weighted by molar-refractivity contribution is 6.36. The Morgan fingerprint density at radius 2 is 2.00 bits per heavy atom. The third kappa shape index (κ3) is 3.73. The first-order chi connectivity index (χ1) is 7.77. The van der Waals surface area contributed by atoms with Crippen molar-refractivity contribution in [1.82, 2.24) is 0 Å². The lowest BCUT2D eigenvalue weighted by molar-refractivity contribution is -0.135. The fraction of sp³-hybridized carbons (Fsp3) is 0.333. The van der Waals surface area contributed by atoms with Gasteiger partial charge in [0, 0.05) is 6.42 Å². The quantitative estimate of drug-likeness (QED) is 0.432. The second kappa shape index (κ2) is 6.61. The minimum atomic E-state index is -0.437. The van der Waals surface area contributed by atoms with Crippen LogP contribution in [0.1, 0.15) is 12.5 Å². The van der Waals surface area contributed by atoms with Gasteiger partial charge in [-0.15, -0.1) is 0 Å². The standard InChI is InChI=1S/C12H15NO3/c1-3-16-12(14)11(13-15-2)9-10-7-5-4-6-8-10/h4-8H,3,9H2,1-2H3. The van der Waals surface area contributed by atoms with Crippen molar-refractivity contribution in [2.45, 2.75) is 13.3 Å². The summed E-state index contributed by atoms with van der Waals surface area (Å²) in [5.41, 5.74) is 1.27. The molecule has 0 radical (unpaired) electrons. The second-order valence-corrected chi connectivity index (χ2v) is 3.10. The third-order valence-corrected chi connectivity index (χ3v) is 1.93. The minimum Gasteiger partial charge on any atom is -0.461 e. The minimum absolute atomic E-state index is 0.274. The summed E-state index contributed by atoms with van der Waals surface area (Å²) >= 11 is 0. The Morgan fingerprint density at radius 1 is 1.31 bits per heavy atom. The molecule has 0 heterocycles. The number of esters is 1. The average molecular weight is 221 g/mol. The first-order valence-electron chi connectivity index (χ1n) is 5.09. The van der Waals surface area contributed by atoms with Gasteiger partial charge in [-0.05, 0) is 12.5 Å². The van der Waals surface area contributed by atoms with Gasteiger partial charge >= 0.3 is 5.97 Å². The van der Waals surface area contributed by atoms with E-state index >= 15 is 0 Å². The zero-order chi connectivity index (χ0) is 11.8. The van der Waals surface area contributed by atoms with Crippen LogP contribution in [0, 0.1) is 0 Å². The van der Waals surface area contributed by atoms with Gasteiger partial charge in [0.15, 0.2) is 5.71 Å². The van der Waals surface area contributed by atoms with E-state index in [1.807, 2.05) is 30.3 Å². The topological polar surface area (TPSA) is 47.9 Å². The number of carbonyl (C=O) groups excluding carboxylic acids is 1. The average Bonchev–Trinajstić information content (AvgIpc) is 2.30. The van der Waals surface area contributed by atoms with Crippen LogP contribution >= 0.6 is 0 Å². The van der Waals surface area contributed by atoms with E-state index in [0.717, 1.165) is 5.56 Å². The van der Waals surface area contributed by atoms with Crippen LogP contribution in [0.4, 0.5) is 0 Å². The van der Waals surface area contributed by atoms with Gasteiger partial charge < -0.3 is 9.57 Å². The van der Waals surface area contributed by atoms with Crippen molar-refractivity contribution in [3.05, 3.63) is 35.9 Å². The molecule has 0 saturated carbocycles. The molecule has 4 nitrogen and oxygen atoms in total. The zero-order valence-electron chi connectivity index (χ0n) is 9.47. The summed E-state index contributed by atoms with van der Waals surface area (Å²) in [4.78, 5) is 16.1. The maximum atomic E-state index is 11.5. The van der Waals surface area contributed by atoms with E-state index in [4.69, 9.17) is 4.74 Å². The Labute approximate surface area is 94.9 Å². The molecule has 4 heteroatoms. The molecule has 1 aromatic carbocycles. The molecule has 0 saturated heterocycles. The molecule has 0 fully saturated rings. The van der Waals surface area contributed by atoms with E-state index in [1.165, 1.54) is 7.11 Å². The third-order valence-electron chi connectivity index (χ3n) is 1.93. The van der Waals surface area contributed by atoms with E-state index < -0.39 is 5.97 Å². The number of carbonyl (C=O) groups is 1. The number of hydrogen-bond donors (Lipinski definition) is 0. The Bertz CT molecular complexity index is 360. The van der Waals surface area contributed by atoms with Crippen LogP contribution in [0.3, 0.4) is 0 Å². The van der Waals surface area contributed by atoms with Crippen molar-refractivity contribution in [1.29, 1.82) is 0 Å². The second-order valence-electron chi connectivity index (χ2n) is 3.10. The van der Waals surface area contributed by atoms with Gasteiger partial charge in [0.05, 0.1) is 6.61 Å². The number of benzene rings is 1. The summed E-state index contributed by atoms with van der Waals surface area (Å²) < 4.78 is 4.88. The van der Waals surface area contributed by atoms with Crippen molar-refractivity contribution in [3.8, 4) is 0 Å². The summed E-state index contributed by atoms with van der Waals surface area (Å²) in [5, 5.41) is 3.68. The molecular formula is C12H15NO3. The van der Waals surface area contributed by atoms with Gasteiger partial charge in [0.1, 0.15) is 7.11 Å². The van der Waals surface area contributed by atoms with Crippen LogP contribution in [0.5, 0.6) is 0 Å². The molecule has 0 aliphatic carbocycles. The lowest BCUT2D eigenvalue weighted by atomic mass is 10.1.